The molecule has 1 aliphatic rings. The third-order valence-electron chi connectivity index (χ3n) is 3.14. The van der Waals surface area contributed by atoms with Gasteiger partial charge in [0, 0.05) is 24.7 Å². The molecule has 106 valence electrons. The Hall–Kier alpha value is -1.20. The van der Waals surface area contributed by atoms with E-state index in [0.29, 0.717) is 12.1 Å². The number of halogens is 3. The Morgan fingerprint density at radius 1 is 1.42 bits per heavy atom. The predicted octanol–water partition coefficient (Wildman–Crippen LogP) is 2.00. The molecule has 1 saturated heterocycles. The van der Waals surface area contributed by atoms with Crippen molar-refractivity contribution in [2.24, 2.45) is 5.92 Å². The predicted molar refractivity (Wildman–Crippen MR) is 71.0 cm³/mol. The maximum absolute atomic E-state index is 13.3. The highest BCUT2D eigenvalue weighted by atomic mass is 35.5. The number of hydrogen-bond donors (Lipinski definition) is 2. The van der Waals surface area contributed by atoms with Crippen LogP contribution in [0.5, 0.6) is 0 Å². The molecule has 1 aromatic carbocycles. The lowest BCUT2D eigenvalue weighted by molar-refractivity contribution is -0.125. The third-order valence-corrected chi connectivity index (χ3v) is 3.14. The zero-order valence-electron chi connectivity index (χ0n) is 10.4. The van der Waals surface area contributed by atoms with Gasteiger partial charge in [-0.15, -0.1) is 12.4 Å². The van der Waals surface area contributed by atoms with E-state index in [0.717, 1.165) is 25.5 Å². The van der Waals surface area contributed by atoms with Crippen molar-refractivity contribution in [3.63, 3.8) is 0 Å². The van der Waals surface area contributed by atoms with Crippen LogP contribution in [0, 0.1) is 17.6 Å². The lowest BCUT2D eigenvalue weighted by atomic mass is 9.99. The number of nitrogens with one attached hydrogen (secondary N) is 2. The van der Waals surface area contributed by atoms with Crippen LogP contribution in [0.1, 0.15) is 18.4 Å². The first-order valence-electron chi connectivity index (χ1n) is 6.09. The molecule has 2 N–H and O–H groups in total. The molecule has 1 heterocycles. The van der Waals surface area contributed by atoms with Gasteiger partial charge in [0.15, 0.2) is 0 Å². The van der Waals surface area contributed by atoms with Gasteiger partial charge in [0.2, 0.25) is 5.91 Å². The molecule has 0 saturated carbocycles. The van der Waals surface area contributed by atoms with Gasteiger partial charge in [-0.3, -0.25) is 4.79 Å². The minimum atomic E-state index is -0.628. The molecule has 0 aliphatic carbocycles. The van der Waals surface area contributed by atoms with Gasteiger partial charge in [-0.1, -0.05) is 6.07 Å². The summed E-state index contributed by atoms with van der Waals surface area (Å²) in [6.45, 7) is 1.70. The maximum atomic E-state index is 13.3. The van der Waals surface area contributed by atoms with Gasteiger partial charge in [0.25, 0.3) is 0 Å². The molecule has 6 heteroatoms. The topological polar surface area (TPSA) is 41.1 Å². The normalized spacial score (nSPS) is 18.5. The highest BCUT2D eigenvalue weighted by Crippen LogP contribution is 2.12. The van der Waals surface area contributed by atoms with Crippen molar-refractivity contribution in [2.45, 2.75) is 19.4 Å². The molecule has 1 aromatic rings. The maximum Gasteiger partial charge on any atom is 0.224 e. The Bertz CT molecular complexity index is 437. The van der Waals surface area contributed by atoms with Crippen LogP contribution in [0.4, 0.5) is 8.78 Å². The second-order valence-electron chi connectivity index (χ2n) is 4.50. The van der Waals surface area contributed by atoms with Gasteiger partial charge >= 0.3 is 0 Å². The van der Waals surface area contributed by atoms with E-state index in [2.05, 4.69) is 10.6 Å². The van der Waals surface area contributed by atoms with Crippen molar-refractivity contribution in [2.75, 3.05) is 13.1 Å². The Balaban J connectivity index is 0.00000180. The molecular weight excluding hydrogens is 274 g/mol. The highest BCUT2D eigenvalue weighted by molar-refractivity contribution is 5.85. The van der Waals surface area contributed by atoms with Gasteiger partial charge in [-0.05, 0) is 25.5 Å². The molecule has 2 rings (SSSR count). The van der Waals surface area contributed by atoms with Crippen LogP contribution < -0.4 is 10.6 Å². The Morgan fingerprint density at radius 3 is 2.84 bits per heavy atom. The first-order valence-corrected chi connectivity index (χ1v) is 6.09. The number of amides is 1. The summed E-state index contributed by atoms with van der Waals surface area (Å²) in [7, 11) is 0. The molecule has 0 radical (unpaired) electrons. The fourth-order valence-corrected chi connectivity index (χ4v) is 2.07. The number of piperidine rings is 1. The van der Waals surface area contributed by atoms with Crippen LogP contribution in [-0.4, -0.2) is 19.0 Å². The van der Waals surface area contributed by atoms with Crippen molar-refractivity contribution >= 4 is 18.3 Å². The summed E-state index contributed by atoms with van der Waals surface area (Å²) in [4.78, 5) is 11.8. The quantitative estimate of drug-likeness (QED) is 0.894. The van der Waals surface area contributed by atoms with Gasteiger partial charge in [0.1, 0.15) is 11.6 Å². The summed E-state index contributed by atoms with van der Waals surface area (Å²) in [6.07, 6.45) is 1.83. The van der Waals surface area contributed by atoms with E-state index in [1.54, 1.807) is 0 Å². The largest absolute Gasteiger partial charge is 0.352 e. The molecule has 19 heavy (non-hydrogen) atoms. The molecule has 0 aromatic heterocycles. The second-order valence-corrected chi connectivity index (χ2v) is 4.50. The number of rotatable bonds is 3. The minimum Gasteiger partial charge on any atom is -0.352 e. The molecule has 1 atom stereocenters. The SMILES string of the molecule is Cl.O=C(NCc1ccc(F)cc1F)[C@@H]1CCCNC1. The average Bonchev–Trinajstić information content (AvgIpc) is 2.38. The highest BCUT2D eigenvalue weighted by Gasteiger charge is 2.20. The van der Waals surface area contributed by atoms with Crippen molar-refractivity contribution in [3.8, 4) is 0 Å². The molecule has 0 spiro atoms. The van der Waals surface area contributed by atoms with Crippen molar-refractivity contribution in [3.05, 3.63) is 35.4 Å². The van der Waals surface area contributed by atoms with Crippen LogP contribution in [0.25, 0.3) is 0 Å². The van der Waals surface area contributed by atoms with Crippen molar-refractivity contribution in [1.82, 2.24) is 10.6 Å². The Kier molecular flexibility index (Phi) is 6.18. The number of hydrogen-bond acceptors (Lipinski definition) is 2. The first-order chi connectivity index (χ1) is 8.66. The summed E-state index contributed by atoms with van der Waals surface area (Å²) < 4.78 is 26.0. The Morgan fingerprint density at radius 2 is 2.21 bits per heavy atom. The number of carbonyl (C=O) groups excluding carboxylic acids is 1. The van der Waals surface area contributed by atoms with Crippen molar-refractivity contribution < 1.29 is 13.6 Å². The fourth-order valence-electron chi connectivity index (χ4n) is 2.07. The van der Waals surface area contributed by atoms with Crippen LogP contribution in [0.2, 0.25) is 0 Å². The molecule has 1 amide bonds. The average molecular weight is 291 g/mol. The monoisotopic (exact) mass is 290 g/mol. The van der Waals surface area contributed by atoms with E-state index in [-0.39, 0.29) is 30.8 Å². The zero-order chi connectivity index (χ0) is 13.0. The summed E-state index contributed by atoms with van der Waals surface area (Å²) in [5.74, 6) is -1.37. The number of carbonyl (C=O) groups is 1. The van der Waals surface area contributed by atoms with E-state index in [4.69, 9.17) is 0 Å². The Labute approximate surface area is 117 Å². The van der Waals surface area contributed by atoms with Crippen LogP contribution in [-0.2, 0) is 11.3 Å². The molecule has 1 aliphatic heterocycles. The number of benzene rings is 1. The fraction of sp³-hybridized carbons (Fsp3) is 0.462. The lowest BCUT2D eigenvalue weighted by Gasteiger charge is -2.21. The summed E-state index contributed by atoms with van der Waals surface area (Å²) in [5.41, 5.74) is 0.300. The molecule has 0 unspecified atom stereocenters. The summed E-state index contributed by atoms with van der Waals surface area (Å²) in [6, 6.07) is 3.36. The van der Waals surface area contributed by atoms with Gasteiger partial charge in [0.05, 0.1) is 5.92 Å². The first kappa shape index (κ1) is 15.9. The zero-order valence-corrected chi connectivity index (χ0v) is 11.2. The molecule has 0 bridgehead atoms. The van der Waals surface area contributed by atoms with Gasteiger partial charge in [-0.2, -0.15) is 0 Å². The van der Waals surface area contributed by atoms with Crippen LogP contribution in [0.3, 0.4) is 0 Å². The van der Waals surface area contributed by atoms with E-state index in [1.807, 2.05) is 0 Å². The van der Waals surface area contributed by atoms with Crippen LogP contribution >= 0.6 is 12.4 Å². The minimum absolute atomic E-state index is 0. The van der Waals surface area contributed by atoms with Crippen LogP contribution in [0.15, 0.2) is 18.2 Å². The standard InChI is InChI=1S/C13H16F2N2O.ClH/c14-11-4-3-9(12(15)6-11)8-17-13(18)10-2-1-5-16-7-10;/h3-4,6,10,16H,1-2,5,7-8H2,(H,17,18);1H/t10-;/m1./s1. The van der Waals surface area contributed by atoms with Gasteiger partial charge < -0.3 is 10.6 Å². The second kappa shape index (κ2) is 7.40. The van der Waals surface area contributed by atoms with E-state index in [1.165, 1.54) is 12.1 Å². The van der Waals surface area contributed by atoms with Gasteiger partial charge in [-0.25, -0.2) is 8.78 Å². The smallest absolute Gasteiger partial charge is 0.224 e. The molecular formula is C13H17ClF2N2O. The van der Waals surface area contributed by atoms with E-state index < -0.39 is 11.6 Å². The van der Waals surface area contributed by atoms with E-state index in [9.17, 15) is 13.6 Å². The summed E-state index contributed by atoms with van der Waals surface area (Å²) >= 11 is 0. The van der Waals surface area contributed by atoms with Crippen molar-refractivity contribution in [1.29, 1.82) is 0 Å². The van der Waals surface area contributed by atoms with E-state index >= 15 is 0 Å². The summed E-state index contributed by atoms with van der Waals surface area (Å²) in [5, 5.41) is 5.84. The third kappa shape index (κ3) is 4.44. The molecule has 3 nitrogen and oxygen atoms in total. The molecule has 1 fully saturated rings. The lowest BCUT2D eigenvalue weighted by Crippen LogP contribution is -2.40.